The largest absolute Gasteiger partial charge is 0.395 e. The summed E-state index contributed by atoms with van der Waals surface area (Å²) in [4.78, 5) is 0. The van der Waals surface area contributed by atoms with Gasteiger partial charge in [-0.05, 0) is 38.5 Å². The van der Waals surface area contributed by atoms with Crippen LogP contribution >= 0.6 is 0 Å². The van der Waals surface area contributed by atoms with Crippen LogP contribution in [-0.2, 0) is 0 Å². The summed E-state index contributed by atoms with van der Waals surface area (Å²) in [6.07, 6.45) is 10.1. The predicted molar refractivity (Wildman–Crippen MR) is 54.5 cm³/mol. The molecule has 2 aliphatic rings. The van der Waals surface area contributed by atoms with Crippen LogP contribution in [0.3, 0.4) is 0 Å². The first-order valence-corrected chi connectivity index (χ1v) is 5.60. The van der Waals surface area contributed by atoms with E-state index in [9.17, 15) is 5.11 Å². The van der Waals surface area contributed by atoms with Crippen LogP contribution in [0.5, 0.6) is 0 Å². The van der Waals surface area contributed by atoms with Crippen LogP contribution in [0.1, 0.15) is 45.4 Å². The average Bonchev–Trinajstić information content (AvgIpc) is 2.56. The van der Waals surface area contributed by atoms with Crippen molar-refractivity contribution in [3.8, 4) is 0 Å². The van der Waals surface area contributed by atoms with E-state index in [0.717, 1.165) is 5.92 Å². The third-order valence-electron chi connectivity index (χ3n) is 4.24. The molecular formula is C12H20O. The molecular weight excluding hydrogens is 160 g/mol. The highest BCUT2D eigenvalue weighted by Crippen LogP contribution is 2.54. The molecule has 0 radical (unpaired) electrons. The van der Waals surface area contributed by atoms with E-state index < -0.39 is 0 Å². The first kappa shape index (κ1) is 9.26. The number of rotatable bonds is 1. The quantitative estimate of drug-likeness (QED) is 0.615. The molecule has 0 saturated heterocycles. The van der Waals surface area contributed by atoms with Crippen LogP contribution in [0.15, 0.2) is 11.6 Å². The Morgan fingerprint density at radius 3 is 3.00 bits per heavy atom. The average molecular weight is 180 g/mol. The summed E-state index contributed by atoms with van der Waals surface area (Å²) in [7, 11) is 0. The lowest BCUT2D eigenvalue weighted by molar-refractivity contribution is 0.0764. The maximum atomic E-state index is 9.61. The van der Waals surface area contributed by atoms with Crippen LogP contribution in [0, 0.1) is 11.3 Å². The molecule has 0 heterocycles. The molecule has 2 saturated carbocycles. The van der Waals surface area contributed by atoms with Crippen molar-refractivity contribution >= 4 is 0 Å². The molecule has 0 aliphatic heterocycles. The van der Waals surface area contributed by atoms with Crippen molar-refractivity contribution in [2.75, 3.05) is 6.61 Å². The molecule has 2 atom stereocenters. The molecule has 0 aromatic rings. The zero-order valence-electron chi connectivity index (χ0n) is 8.55. The van der Waals surface area contributed by atoms with Crippen molar-refractivity contribution in [1.29, 1.82) is 0 Å². The minimum absolute atomic E-state index is 0.215. The Labute approximate surface area is 80.8 Å². The summed E-state index contributed by atoms with van der Waals surface area (Å²) in [5, 5.41) is 9.61. The van der Waals surface area contributed by atoms with Gasteiger partial charge in [-0.15, -0.1) is 0 Å². The zero-order chi connectivity index (χ0) is 9.31. The van der Waals surface area contributed by atoms with Gasteiger partial charge < -0.3 is 5.11 Å². The minimum atomic E-state index is 0.215. The lowest BCUT2D eigenvalue weighted by Crippen LogP contribution is -2.34. The highest BCUT2D eigenvalue weighted by atomic mass is 16.3. The van der Waals surface area contributed by atoms with Gasteiger partial charge in [-0.25, -0.2) is 0 Å². The van der Waals surface area contributed by atoms with Gasteiger partial charge in [0.05, 0.1) is 6.61 Å². The van der Waals surface area contributed by atoms with Crippen molar-refractivity contribution in [2.45, 2.75) is 45.4 Å². The number of aliphatic hydroxyl groups is 1. The van der Waals surface area contributed by atoms with Crippen molar-refractivity contribution in [3.63, 3.8) is 0 Å². The zero-order valence-corrected chi connectivity index (χ0v) is 8.55. The van der Waals surface area contributed by atoms with Crippen molar-refractivity contribution in [1.82, 2.24) is 0 Å². The van der Waals surface area contributed by atoms with Crippen LogP contribution in [0.2, 0.25) is 0 Å². The Morgan fingerprint density at radius 1 is 1.46 bits per heavy atom. The van der Waals surface area contributed by atoms with Crippen LogP contribution in [-0.4, -0.2) is 11.7 Å². The highest BCUT2D eigenvalue weighted by molar-refractivity contribution is 5.22. The van der Waals surface area contributed by atoms with E-state index in [1.165, 1.54) is 38.5 Å². The fourth-order valence-corrected chi connectivity index (χ4v) is 3.48. The van der Waals surface area contributed by atoms with Gasteiger partial charge in [-0.1, -0.05) is 24.5 Å². The fraction of sp³-hybridized carbons (Fsp3) is 0.833. The summed E-state index contributed by atoms with van der Waals surface area (Å²) < 4.78 is 0. The minimum Gasteiger partial charge on any atom is -0.395 e. The van der Waals surface area contributed by atoms with Gasteiger partial charge >= 0.3 is 0 Å². The summed E-state index contributed by atoms with van der Waals surface area (Å²) in [6.45, 7) is 2.51. The molecule has 1 heteroatoms. The topological polar surface area (TPSA) is 20.2 Å². The number of hydrogen-bond donors (Lipinski definition) is 1. The highest BCUT2D eigenvalue weighted by Gasteiger charge is 2.46. The van der Waals surface area contributed by atoms with Crippen molar-refractivity contribution < 1.29 is 5.11 Å². The van der Waals surface area contributed by atoms with Gasteiger partial charge in [0.1, 0.15) is 0 Å². The van der Waals surface area contributed by atoms with Gasteiger partial charge in [-0.2, -0.15) is 0 Å². The first-order chi connectivity index (χ1) is 6.33. The van der Waals surface area contributed by atoms with Gasteiger partial charge in [0.15, 0.2) is 0 Å². The van der Waals surface area contributed by atoms with E-state index in [-0.39, 0.29) is 5.41 Å². The second-order valence-corrected chi connectivity index (χ2v) is 4.61. The van der Waals surface area contributed by atoms with Crippen LogP contribution in [0.25, 0.3) is 0 Å². The first-order valence-electron chi connectivity index (χ1n) is 5.60. The number of aliphatic hydroxyl groups excluding tert-OH is 1. The maximum absolute atomic E-state index is 9.61. The van der Waals surface area contributed by atoms with E-state index in [1.807, 2.05) is 0 Å². The number of allylic oxidation sites excluding steroid dienone is 1. The molecule has 0 amide bonds. The van der Waals surface area contributed by atoms with E-state index in [1.54, 1.807) is 5.57 Å². The van der Waals surface area contributed by atoms with Crippen LogP contribution in [0.4, 0.5) is 0 Å². The summed E-state index contributed by atoms with van der Waals surface area (Å²) in [6, 6.07) is 0. The Kier molecular flexibility index (Phi) is 2.46. The molecule has 0 aromatic heterocycles. The van der Waals surface area contributed by atoms with Gasteiger partial charge in [0.25, 0.3) is 0 Å². The third-order valence-corrected chi connectivity index (χ3v) is 4.24. The molecule has 13 heavy (non-hydrogen) atoms. The lowest BCUT2D eigenvalue weighted by Gasteiger charge is -2.39. The smallest absolute Gasteiger partial charge is 0.0527 e. The fourth-order valence-electron chi connectivity index (χ4n) is 3.48. The Hall–Kier alpha value is -0.300. The SMILES string of the molecule is C/C=C1/CC[C@@H]2CCCC[C@]12CO. The summed E-state index contributed by atoms with van der Waals surface area (Å²) in [5.74, 6) is 0.789. The third kappa shape index (κ3) is 1.25. The monoisotopic (exact) mass is 180 g/mol. The maximum Gasteiger partial charge on any atom is 0.0527 e. The van der Waals surface area contributed by atoms with E-state index in [4.69, 9.17) is 0 Å². The second-order valence-electron chi connectivity index (χ2n) is 4.61. The molecule has 0 unspecified atom stereocenters. The normalized spacial score (nSPS) is 42.3. The number of hydrogen-bond acceptors (Lipinski definition) is 1. The van der Waals surface area contributed by atoms with E-state index in [2.05, 4.69) is 13.0 Å². The standard InChI is InChI=1S/C12H20O/c1-2-10-6-7-11-5-3-4-8-12(10,11)9-13/h2,11,13H,3-9H2,1H3/b10-2-/t11-,12-/m0/s1. The molecule has 2 rings (SSSR count). The van der Waals surface area contributed by atoms with Crippen molar-refractivity contribution in [2.24, 2.45) is 11.3 Å². The predicted octanol–water partition coefficient (Wildman–Crippen LogP) is 2.90. The van der Waals surface area contributed by atoms with Gasteiger partial charge in [0.2, 0.25) is 0 Å². The Balaban J connectivity index is 2.28. The molecule has 0 aromatic carbocycles. The van der Waals surface area contributed by atoms with Gasteiger partial charge in [0, 0.05) is 5.41 Å². The molecule has 2 fully saturated rings. The summed E-state index contributed by atoms with van der Waals surface area (Å²) in [5.41, 5.74) is 1.76. The Morgan fingerprint density at radius 2 is 2.31 bits per heavy atom. The molecule has 1 nitrogen and oxygen atoms in total. The number of fused-ring (bicyclic) bond motifs is 1. The molecule has 1 N–H and O–H groups in total. The summed E-state index contributed by atoms with van der Waals surface area (Å²) >= 11 is 0. The van der Waals surface area contributed by atoms with E-state index >= 15 is 0 Å². The Bertz CT molecular complexity index is 219. The molecule has 74 valence electrons. The van der Waals surface area contributed by atoms with Crippen LogP contribution < -0.4 is 0 Å². The second kappa shape index (κ2) is 3.45. The van der Waals surface area contributed by atoms with Gasteiger partial charge in [-0.3, -0.25) is 0 Å². The van der Waals surface area contributed by atoms with Crippen molar-refractivity contribution in [3.05, 3.63) is 11.6 Å². The lowest BCUT2D eigenvalue weighted by atomic mass is 9.67. The van der Waals surface area contributed by atoms with E-state index in [0.29, 0.717) is 6.61 Å². The molecule has 0 bridgehead atoms. The molecule has 0 spiro atoms. The molecule has 2 aliphatic carbocycles.